The Bertz CT molecular complexity index is 430. The van der Waals surface area contributed by atoms with E-state index in [9.17, 15) is 10.1 Å². The molecule has 0 aromatic heterocycles. The van der Waals surface area contributed by atoms with E-state index in [0.29, 0.717) is 24.8 Å². The minimum Gasteiger partial charge on any atom is -0.487 e. The number of ether oxygens (including phenoxy) is 1. The van der Waals surface area contributed by atoms with E-state index < -0.39 is 0 Å². The first-order valence-electron chi connectivity index (χ1n) is 6.31. The minimum absolute atomic E-state index is 0.0612. The Morgan fingerprint density at radius 1 is 1.50 bits per heavy atom. The molecule has 1 aromatic carbocycles. The number of hydrogen-bond acceptors (Lipinski definition) is 4. The Kier molecular flexibility index (Phi) is 4.15. The molecule has 0 amide bonds. The van der Waals surface area contributed by atoms with Crippen molar-refractivity contribution in [3.63, 3.8) is 0 Å². The lowest BCUT2D eigenvalue weighted by Gasteiger charge is -2.08. The van der Waals surface area contributed by atoms with Gasteiger partial charge in [-0.3, -0.25) is 10.1 Å². The normalized spacial score (nSPS) is 14.5. The maximum Gasteiger partial charge on any atom is 0.311 e. The van der Waals surface area contributed by atoms with Crippen LogP contribution >= 0.6 is 0 Å². The molecule has 18 heavy (non-hydrogen) atoms. The molecule has 0 heterocycles. The number of nitrogens with zero attached hydrogens (tertiary/aromatic N) is 1. The maximum atomic E-state index is 11.0. The summed E-state index contributed by atoms with van der Waals surface area (Å²) in [6.45, 7) is 4.07. The molecule has 1 aliphatic carbocycles. The van der Waals surface area contributed by atoms with Gasteiger partial charge in [0.25, 0.3) is 0 Å². The van der Waals surface area contributed by atoms with Crippen LogP contribution in [0.1, 0.15) is 25.3 Å². The van der Waals surface area contributed by atoms with Crippen molar-refractivity contribution >= 4 is 5.69 Å². The van der Waals surface area contributed by atoms with Crippen molar-refractivity contribution in [2.75, 3.05) is 13.2 Å². The number of hydrogen-bond donors (Lipinski definition) is 1. The Balaban J connectivity index is 2.09. The second-order valence-electron chi connectivity index (χ2n) is 4.59. The van der Waals surface area contributed by atoms with E-state index in [0.717, 1.165) is 12.1 Å². The summed E-state index contributed by atoms with van der Waals surface area (Å²) in [6, 6.07) is 5.16. The van der Waals surface area contributed by atoms with Gasteiger partial charge >= 0.3 is 5.69 Å². The number of nitrogens with one attached hydrogen (secondary N) is 1. The van der Waals surface area contributed by atoms with Gasteiger partial charge in [-0.15, -0.1) is 0 Å². The molecule has 0 bridgehead atoms. The van der Waals surface area contributed by atoms with Gasteiger partial charge in [-0.05, 0) is 36.9 Å². The summed E-state index contributed by atoms with van der Waals surface area (Å²) in [7, 11) is 0. The van der Waals surface area contributed by atoms with E-state index in [1.165, 1.54) is 12.8 Å². The van der Waals surface area contributed by atoms with Crippen LogP contribution in [0.2, 0.25) is 0 Å². The van der Waals surface area contributed by atoms with Crippen LogP contribution in [-0.4, -0.2) is 18.1 Å². The van der Waals surface area contributed by atoms with Crippen LogP contribution in [-0.2, 0) is 6.54 Å². The number of nitro groups is 1. The average Bonchev–Trinajstić information content (AvgIpc) is 3.18. The molecule has 1 N–H and O–H groups in total. The monoisotopic (exact) mass is 250 g/mol. The third kappa shape index (κ3) is 3.43. The largest absolute Gasteiger partial charge is 0.487 e. The zero-order chi connectivity index (χ0) is 13.0. The Labute approximate surface area is 106 Å². The van der Waals surface area contributed by atoms with E-state index in [2.05, 4.69) is 5.32 Å². The standard InChI is InChI=1S/C13H18N2O3/c1-2-14-8-11-5-6-13(12(7-11)15(16)17)18-9-10-3-4-10/h5-7,10,14H,2-4,8-9H2,1H3. The molecule has 0 radical (unpaired) electrons. The quantitative estimate of drug-likeness (QED) is 0.596. The zero-order valence-electron chi connectivity index (χ0n) is 10.5. The van der Waals surface area contributed by atoms with Gasteiger partial charge in [0, 0.05) is 12.6 Å². The van der Waals surface area contributed by atoms with Crippen LogP contribution in [0, 0.1) is 16.0 Å². The Morgan fingerprint density at radius 2 is 2.28 bits per heavy atom. The predicted octanol–water partition coefficient (Wildman–Crippen LogP) is 2.49. The SMILES string of the molecule is CCNCc1ccc(OCC2CC2)c([N+](=O)[O-])c1. The highest BCUT2D eigenvalue weighted by molar-refractivity contribution is 5.48. The number of nitro benzene ring substituents is 1. The number of rotatable bonds is 7. The van der Waals surface area contributed by atoms with E-state index in [1.54, 1.807) is 12.1 Å². The van der Waals surface area contributed by atoms with Crippen LogP contribution in [0.25, 0.3) is 0 Å². The molecular weight excluding hydrogens is 232 g/mol. The Hall–Kier alpha value is -1.62. The minimum atomic E-state index is -0.377. The van der Waals surface area contributed by atoms with Crippen molar-refractivity contribution in [3.8, 4) is 5.75 Å². The first kappa shape index (κ1) is 12.8. The van der Waals surface area contributed by atoms with Crippen molar-refractivity contribution in [1.29, 1.82) is 0 Å². The third-order valence-corrected chi connectivity index (χ3v) is 2.97. The summed E-state index contributed by atoms with van der Waals surface area (Å²) in [5, 5.41) is 14.2. The van der Waals surface area contributed by atoms with E-state index in [4.69, 9.17) is 4.74 Å². The van der Waals surface area contributed by atoms with Crippen molar-refractivity contribution < 1.29 is 9.66 Å². The van der Waals surface area contributed by atoms with Crippen LogP contribution in [0.4, 0.5) is 5.69 Å². The molecule has 2 rings (SSSR count). The van der Waals surface area contributed by atoms with Crippen LogP contribution in [0.3, 0.4) is 0 Å². The van der Waals surface area contributed by atoms with Crippen molar-refractivity contribution in [2.24, 2.45) is 5.92 Å². The lowest BCUT2D eigenvalue weighted by atomic mass is 10.2. The molecule has 5 heteroatoms. The van der Waals surface area contributed by atoms with Gasteiger partial charge in [0.15, 0.2) is 5.75 Å². The van der Waals surface area contributed by atoms with E-state index in [-0.39, 0.29) is 10.6 Å². The average molecular weight is 250 g/mol. The van der Waals surface area contributed by atoms with E-state index in [1.807, 2.05) is 13.0 Å². The van der Waals surface area contributed by atoms with Gasteiger partial charge in [0.1, 0.15) is 0 Å². The summed E-state index contributed by atoms with van der Waals surface area (Å²) >= 11 is 0. The molecule has 0 aliphatic heterocycles. The fourth-order valence-corrected chi connectivity index (χ4v) is 1.70. The molecular formula is C13H18N2O3. The zero-order valence-corrected chi connectivity index (χ0v) is 10.5. The van der Waals surface area contributed by atoms with Crippen LogP contribution in [0.15, 0.2) is 18.2 Å². The number of benzene rings is 1. The van der Waals surface area contributed by atoms with Crippen molar-refractivity contribution in [3.05, 3.63) is 33.9 Å². The Morgan fingerprint density at radius 3 is 2.89 bits per heavy atom. The second kappa shape index (κ2) is 5.82. The van der Waals surface area contributed by atoms with Gasteiger partial charge < -0.3 is 10.1 Å². The lowest BCUT2D eigenvalue weighted by molar-refractivity contribution is -0.385. The third-order valence-electron chi connectivity index (χ3n) is 2.97. The van der Waals surface area contributed by atoms with Gasteiger partial charge in [0.2, 0.25) is 0 Å². The fourth-order valence-electron chi connectivity index (χ4n) is 1.70. The summed E-state index contributed by atoms with van der Waals surface area (Å²) in [5.74, 6) is 0.971. The van der Waals surface area contributed by atoms with Crippen LogP contribution in [0.5, 0.6) is 5.75 Å². The molecule has 1 aliphatic rings. The first-order chi connectivity index (χ1) is 8.70. The molecule has 1 saturated carbocycles. The molecule has 0 unspecified atom stereocenters. The highest BCUT2D eigenvalue weighted by atomic mass is 16.6. The first-order valence-corrected chi connectivity index (χ1v) is 6.31. The molecule has 5 nitrogen and oxygen atoms in total. The molecule has 1 fully saturated rings. The molecule has 98 valence electrons. The highest BCUT2D eigenvalue weighted by Gasteiger charge is 2.24. The topological polar surface area (TPSA) is 64.4 Å². The molecule has 0 saturated heterocycles. The molecule has 0 spiro atoms. The lowest BCUT2D eigenvalue weighted by Crippen LogP contribution is -2.12. The summed E-state index contributed by atoms with van der Waals surface area (Å²) < 4.78 is 5.52. The highest BCUT2D eigenvalue weighted by Crippen LogP contribution is 2.33. The summed E-state index contributed by atoms with van der Waals surface area (Å²) in [5.41, 5.74) is 0.966. The maximum absolute atomic E-state index is 11.0. The van der Waals surface area contributed by atoms with Gasteiger partial charge in [-0.25, -0.2) is 0 Å². The molecule has 1 aromatic rings. The molecule has 0 atom stereocenters. The van der Waals surface area contributed by atoms with Gasteiger partial charge in [-0.2, -0.15) is 0 Å². The van der Waals surface area contributed by atoms with Crippen molar-refractivity contribution in [1.82, 2.24) is 5.32 Å². The predicted molar refractivity (Wildman–Crippen MR) is 68.7 cm³/mol. The summed E-state index contributed by atoms with van der Waals surface area (Å²) in [6.07, 6.45) is 2.35. The second-order valence-corrected chi connectivity index (χ2v) is 4.59. The van der Waals surface area contributed by atoms with Gasteiger partial charge in [0.05, 0.1) is 11.5 Å². The van der Waals surface area contributed by atoms with Crippen molar-refractivity contribution in [2.45, 2.75) is 26.3 Å². The summed E-state index contributed by atoms with van der Waals surface area (Å²) in [4.78, 5) is 10.6. The van der Waals surface area contributed by atoms with E-state index >= 15 is 0 Å². The van der Waals surface area contributed by atoms with Gasteiger partial charge in [-0.1, -0.05) is 13.0 Å². The smallest absolute Gasteiger partial charge is 0.311 e. The van der Waals surface area contributed by atoms with Crippen LogP contribution < -0.4 is 10.1 Å². The fraction of sp³-hybridized carbons (Fsp3) is 0.538.